The van der Waals surface area contributed by atoms with Crippen molar-refractivity contribution in [3.05, 3.63) is 83.5 Å². The predicted molar refractivity (Wildman–Crippen MR) is 106 cm³/mol. The van der Waals surface area contributed by atoms with Gasteiger partial charge in [-0.1, -0.05) is 41.9 Å². The second-order valence-electron chi connectivity index (χ2n) is 5.90. The number of carbonyl (C=O) groups excluding carboxylic acids is 1. The maximum atomic E-state index is 14.1. The molecule has 0 radical (unpaired) electrons. The van der Waals surface area contributed by atoms with Crippen LogP contribution in [0.2, 0.25) is 5.02 Å². The van der Waals surface area contributed by atoms with Crippen LogP contribution in [0.1, 0.15) is 5.76 Å². The van der Waals surface area contributed by atoms with Crippen molar-refractivity contribution < 1.29 is 13.6 Å². The van der Waals surface area contributed by atoms with Gasteiger partial charge in [0.05, 0.1) is 12.0 Å². The molecule has 0 aliphatic heterocycles. The van der Waals surface area contributed by atoms with Crippen LogP contribution in [-0.2, 0) is 4.79 Å². The molecule has 29 heavy (non-hydrogen) atoms. The first-order chi connectivity index (χ1) is 14.1. The van der Waals surface area contributed by atoms with Gasteiger partial charge < -0.3 is 9.73 Å². The highest BCUT2D eigenvalue weighted by Gasteiger charge is 2.21. The molecule has 9 heteroatoms. The van der Waals surface area contributed by atoms with E-state index < -0.39 is 11.7 Å². The highest BCUT2D eigenvalue weighted by atomic mass is 35.5. The molecule has 7 nitrogen and oxygen atoms in total. The lowest BCUT2D eigenvalue weighted by Gasteiger charge is -2.11. The van der Waals surface area contributed by atoms with Crippen LogP contribution >= 0.6 is 11.6 Å². The van der Waals surface area contributed by atoms with E-state index in [0.29, 0.717) is 17.1 Å². The summed E-state index contributed by atoms with van der Waals surface area (Å²) in [5.74, 6) is -0.534. The summed E-state index contributed by atoms with van der Waals surface area (Å²) in [4.78, 5) is 13.0. The van der Waals surface area contributed by atoms with Gasteiger partial charge in [0.15, 0.2) is 5.82 Å². The van der Waals surface area contributed by atoms with Crippen molar-refractivity contribution in [3.8, 4) is 11.4 Å². The lowest BCUT2D eigenvalue weighted by atomic mass is 10.2. The number of aromatic nitrogens is 4. The second-order valence-corrected chi connectivity index (χ2v) is 6.34. The van der Waals surface area contributed by atoms with E-state index in [1.807, 2.05) is 18.2 Å². The van der Waals surface area contributed by atoms with E-state index in [0.717, 1.165) is 0 Å². The van der Waals surface area contributed by atoms with Gasteiger partial charge in [-0.05, 0) is 40.8 Å². The minimum Gasteiger partial charge on any atom is -0.465 e. The Labute approximate surface area is 169 Å². The smallest absolute Gasteiger partial charge is 0.274 e. The average Bonchev–Trinajstić information content (AvgIpc) is 3.41. The summed E-state index contributed by atoms with van der Waals surface area (Å²) < 4.78 is 20.7. The standard InChI is InChI=1S/C20H13ClFN5O2/c21-14-8-9-16(22)17(11-14)23-20(28)18(12-15-7-4-10-29-15)27-19(24-25-26-27)13-5-2-1-3-6-13/h1-12H,(H,23,28)/b18-12-. The number of carbonyl (C=O) groups is 1. The number of tetrazole rings is 1. The summed E-state index contributed by atoms with van der Waals surface area (Å²) in [7, 11) is 0. The Balaban J connectivity index is 1.77. The highest BCUT2D eigenvalue weighted by Crippen LogP contribution is 2.24. The molecule has 0 saturated carbocycles. The van der Waals surface area contributed by atoms with Crippen LogP contribution in [0.3, 0.4) is 0 Å². The Bertz CT molecular complexity index is 1170. The van der Waals surface area contributed by atoms with Gasteiger partial charge in [-0.25, -0.2) is 4.39 Å². The summed E-state index contributed by atoms with van der Waals surface area (Å²) in [5, 5.41) is 14.4. The zero-order chi connectivity index (χ0) is 20.2. The number of furan rings is 1. The van der Waals surface area contributed by atoms with Crippen LogP contribution in [0, 0.1) is 5.82 Å². The Kier molecular flexibility index (Phi) is 5.17. The van der Waals surface area contributed by atoms with Crippen molar-refractivity contribution in [3.63, 3.8) is 0 Å². The van der Waals surface area contributed by atoms with Crippen LogP contribution in [0.5, 0.6) is 0 Å². The van der Waals surface area contributed by atoms with Crippen molar-refractivity contribution in [1.29, 1.82) is 0 Å². The first kappa shape index (κ1) is 18.6. The first-order valence-corrected chi connectivity index (χ1v) is 8.85. The zero-order valence-electron chi connectivity index (χ0n) is 14.8. The Morgan fingerprint density at radius 3 is 2.72 bits per heavy atom. The minimum atomic E-state index is -0.646. The van der Waals surface area contributed by atoms with Crippen molar-refractivity contribution in [2.75, 3.05) is 5.32 Å². The van der Waals surface area contributed by atoms with Gasteiger partial charge >= 0.3 is 0 Å². The van der Waals surface area contributed by atoms with Crippen molar-refractivity contribution in [2.45, 2.75) is 0 Å². The minimum absolute atomic E-state index is 0.0307. The molecule has 0 spiro atoms. The molecule has 1 N–H and O–H groups in total. The molecule has 0 aliphatic rings. The summed E-state index contributed by atoms with van der Waals surface area (Å²) >= 11 is 5.91. The molecule has 0 saturated heterocycles. The van der Waals surface area contributed by atoms with E-state index in [1.54, 1.807) is 24.3 Å². The van der Waals surface area contributed by atoms with Crippen LogP contribution < -0.4 is 5.32 Å². The Morgan fingerprint density at radius 2 is 1.97 bits per heavy atom. The SMILES string of the molecule is O=C(Nc1cc(Cl)ccc1F)/C(=C/c1ccco1)n1nnnc1-c1ccccc1. The molecular formula is C20H13ClFN5O2. The summed E-state index contributed by atoms with van der Waals surface area (Å²) in [6.45, 7) is 0. The monoisotopic (exact) mass is 409 g/mol. The quantitative estimate of drug-likeness (QED) is 0.495. The fraction of sp³-hybridized carbons (Fsp3) is 0. The number of amides is 1. The molecule has 4 rings (SSSR count). The number of nitrogens with one attached hydrogen (secondary N) is 1. The maximum absolute atomic E-state index is 14.1. The largest absolute Gasteiger partial charge is 0.465 e. The number of hydrogen-bond donors (Lipinski definition) is 1. The number of benzene rings is 2. The Hall–Kier alpha value is -3.78. The molecular weight excluding hydrogens is 397 g/mol. The summed E-state index contributed by atoms with van der Waals surface area (Å²) in [6, 6.07) is 16.3. The van der Waals surface area contributed by atoms with E-state index in [-0.39, 0.29) is 16.4 Å². The van der Waals surface area contributed by atoms with Crippen molar-refractivity contribution >= 4 is 35.0 Å². The molecule has 4 aromatic rings. The topological polar surface area (TPSA) is 85.8 Å². The number of rotatable bonds is 5. The van der Waals surface area contributed by atoms with Gasteiger partial charge in [-0.2, -0.15) is 4.68 Å². The molecule has 1 amide bonds. The summed E-state index contributed by atoms with van der Waals surface area (Å²) in [5.41, 5.74) is 0.662. The highest BCUT2D eigenvalue weighted by molar-refractivity contribution is 6.31. The van der Waals surface area contributed by atoms with E-state index >= 15 is 0 Å². The third-order valence-electron chi connectivity index (χ3n) is 3.96. The van der Waals surface area contributed by atoms with Gasteiger partial charge in [0.1, 0.15) is 17.3 Å². The van der Waals surface area contributed by atoms with Crippen LogP contribution in [0.25, 0.3) is 23.2 Å². The lowest BCUT2D eigenvalue weighted by molar-refractivity contribution is -0.111. The second kappa shape index (κ2) is 8.07. The normalized spacial score (nSPS) is 11.4. The number of nitrogens with zero attached hydrogens (tertiary/aromatic N) is 4. The van der Waals surface area contributed by atoms with Crippen molar-refractivity contribution in [2.24, 2.45) is 0 Å². The van der Waals surface area contributed by atoms with E-state index in [2.05, 4.69) is 20.8 Å². The van der Waals surface area contributed by atoms with E-state index in [1.165, 1.54) is 35.2 Å². The molecule has 0 fully saturated rings. The van der Waals surface area contributed by atoms with Crippen LogP contribution in [0.4, 0.5) is 10.1 Å². The third-order valence-corrected chi connectivity index (χ3v) is 4.20. The van der Waals surface area contributed by atoms with E-state index in [4.69, 9.17) is 16.0 Å². The summed E-state index contributed by atoms with van der Waals surface area (Å²) in [6.07, 6.45) is 2.93. The molecule has 2 aromatic heterocycles. The van der Waals surface area contributed by atoms with Gasteiger partial charge in [-0.3, -0.25) is 4.79 Å². The number of halogens is 2. The van der Waals surface area contributed by atoms with Crippen LogP contribution in [0.15, 0.2) is 71.3 Å². The van der Waals surface area contributed by atoms with Gasteiger partial charge in [0, 0.05) is 16.7 Å². The van der Waals surface area contributed by atoms with Gasteiger partial charge in [0.2, 0.25) is 0 Å². The van der Waals surface area contributed by atoms with Gasteiger partial charge in [0.25, 0.3) is 5.91 Å². The fourth-order valence-electron chi connectivity index (χ4n) is 2.63. The maximum Gasteiger partial charge on any atom is 0.274 e. The molecule has 2 aromatic carbocycles. The molecule has 0 aliphatic carbocycles. The first-order valence-electron chi connectivity index (χ1n) is 8.47. The lowest BCUT2D eigenvalue weighted by Crippen LogP contribution is -2.20. The third kappa shape index (κ3) is 4.07. The van der Waals surface area contributed by atoms with E-state index in [9.17, 15) is 9.18 Å². The zero-order valence-corrected chi connectivity index (χ0v) is 15.5. The molecule has 2 heterocycles. The molecule has 0 atom stereocenters. The predicted octanol–water partition coefficient (Wildman–Crippen LogP) is 4.36. The average molecular weight is 410 g/mol. The Morgan fingerprint density at radius 1 is 1.14 bits per heavy atom. The van der Waals surface area contributed by atoms with Crippen LogP contribution in [-0.4, -0.2) is 26.1 Å². The van der Waals surface area contributed by atoms with Crippen molar-refractivity contribution in [1.82, 2.24) is 20.2 Å². The molecule has 144 valence electrons. The number of anilines is 1. The van der Waals surface area contributed by atoms with Gasteiger partial charge in [-0.15, -0.1) is 5.10 Å². The molecule has 0 bridgehead atoms. The number of hydrogen-bond acceptors (Lipinski definition) is 5. The molecule has 0 unspecified atom stereocenters. The fourth-order valence-corrected chi connectivity index (χ4v) is 2.80.